The molecule has 1 atom stereocenters. The maximum atomic E-state index is 12.5. The molecule has 3 nitrogen and oxygen atoms in total. The third-order valence-corrected chi connectivity index (χ3v) is 4.62. The maximum Gasteiger partial charge on any atom is 0.221 e. The highest BCUT2D eigenvalue weighted by atomic mass is 16.1. The average Bonchev–Trinajstić information content (AvgIpc) is 2.90. The third kappa shape index (κ3) is 3.76. The lowest BCUT2D eigenvalue weighted by molar-refractivity contribution is -0.121. The van der Waals surface area contributed by atoms with Crippen molar-refractivity contribution in [2.45, 2.75) is 39.2 Å². The van der Waals surface area contributed by atoms with Crippen LogP contribution in [0.15, 0.2) is 54.7 Å². The lowest BCUT2D eigenvalue weighted by atomic mass is 9.87. The summed E-state index contributed by atoms with van der Waals surface area (Å²) in [4.78, 5) is 12.5. The lowest BCUT2D eigenvalue weighted by Gasteiger charge is -2.18. The molecule has 0 saturated heterocycles. The van der Waals surface area contributed by atoms with E-state index in [0.717, 1.165) is 0 Å². The van der Waals surface area contributed by atoms with Crippen molar-refractivity contribution in [1.82, 2.24) is 9.88 Å². The Balaban J connectivity index is 2.06. The molecule has 1 heterocycles. The molecular weight excluding hydrogens is 308 g/mol. The van der Waals surface area contributed by atoms with Gasteiger partial charge in [-0.1, -0.05) is 48.0 Å². The van der Waals surface area contributed by atoms with E-state index in [0.29, 0.717) is 6.42 Å². The standard InChI is InChI=1S/C22H26N2O/c1-15(2)23-22(25)13-19(17-11-9-16(3)10-12-17)20-14-24(4)21-8-6-5-7-18(20)21/h5-12,14-15,19H,13H2,1-4H3,(H,23,25)/t19-/m1/s1. The number of amides is 1. The predicted octanol–water partition coefficient (Wildman–Crippen LogP) is 4.53. The molecule has 0 fully saturated rings. The van der Waals surface area contributed by atoms with Crippen LogP contribution in [0.1, 0.15) is 42.9 Å². The maximum absolute atomic E-state index is 12.5. The Kier molecular flexibility index (Phi) is 4.93. The summed E-state index contributed by atoms with van der Waals surface area (Å²) < 4.78 is 2.15. The normalized spacial score (nSPS) is 12.5. The first-order valence-electron chi connectivity index (χ1n) is 8.85. The van der Waals surface area contributed by atoms with Gasteiger partial charge in [0.2, 0.25) is 5.91 Å². The van der Waals surface area contributed by atoms with E-state index in [1.807, 2.05) is 13.8 Å². The molecule has 0 bridgehead atoms. The Hall–Kier alpha value is -2.55. The molecule has 0 aliphatic carbocycles. The van der Waals surface area contributed by atoms with E-state index >= 15 is 0 Å². The number of hydrogen-bond donors (Lipinski definition) is 1. The van der Waals surface area contributed by atoms with Gasteiger partial charge in [0, 0.05) is 42.5 Å². The summed E-state index contributed by atoms with van der Waals surface area (Å²) in [5, 5.41) is 4.25. The zero-order valence-electron chi connectivity index (χ0n) is 15.4. The van der Waals surface area contributed by atoms with Crippen LogP contribution in [0, 0.1) is 6.92 Å². The van der Waals surface area contributed by atoms with Crippen molar-refractivity contribution in [2.24, 2.45) is 7.05 Å². The number of aromatic nitrogens is 1. The van der Waals surface area contributed by atoms with Crippen LogP contribution in [0.3, 0.4) is 0 Å². The quantitative estimate of drug-likeness (QED) is 0.730. The van der Waals surface area contributed by atoms with Crippen molar-refractivity contribution in [3.8, 4) is 0 Å². The van der Waals surface area contributed by atoms with Crippen LogP contribution in [0.4, 0.5) is 0 Å². The summed E-state index contributed by atoms with van der Waals surface area (Å²) in [7, 11) is 2.06. The van der Waals surface area contributed by atoms with Crippen molar-refractivity contribution < 1.29 is 4.79 Å². The van der Waals surface area contributed by atoms with E-state index in [1.54, 1.807) is 0 Å². The van der Waals surface area contributed by atoms with Gasteiger partial charge in [-0.15, -0.1) is 0 Å². The summed E-state index contributed by atoms with van der Waals surface area (Å²) in [5.41, 5.74) is 4.81. The molecule has 130 valence electrons. The number of nitrogens with zero attached hydrogens (tertiary/aromatic N) is 1. The van der Waals surface area contributed by atoms with Gasteiger partial charge in [0.05, 0.1) is 0 Å². The second-order valence-corrected chi connectivity index (χ2v) is 7.10. The van der Waals surface area contributed by atoms with Gasteiger partial charge in [0.15, 0.2) is 0 Å². The third-order valence-electron chi connectivity index (χ3n) is 4.62. The van der Waals surface area contributed by atoms with Gasteiger partial charge in [-0.05, 0) is 38.0 Å². The summed E-state index contributed by atoms with van der Waals surface area (Å²) in [6.07, 6.45) is 2.62. The Labute approximate surface area is 149 Å². The van der Waals surface area contributed by atoms with Crippen LogP contribution in [-0.4, -0.2) is 16.5 Å². The molecule has 25 heavy (non-hydrogen) atoms. The fraction of sp³-hybridized carbons (Fsp3) is 0.318. The molecule has 0 radical (unpaired) electrons. The highest BCUT2D eigenvalue weighted by molar-refractivity contribution is 5.86. The first kappa shape index (κ1) is 17.3. The van der Waals surface area contributed by atoms with E-state index in [4.69, 9.17) is 0 Å². The predicted molar refractivity (Wildman–Crippen MR) is 104 cm³/mol. The molecule has 3 heteroatoms. The molecule has 2 aromatic carbocycles. The van der Waals surface area contributed by atoms with Gasteiger partial charge in [-0.2, -0.15) is 0 Å². The molecule has 0 aliphatic rings. The molecule has 0 spiro atoms. The van der Waals surface area contributed by atoms with E-state index in [-0.39, 0.29) is 17.9 Å². The highest BCUT2D eigenvalue weighted by Gasteiger charge is 2.22. The zero-order chi connectivity index (χ0) is 18.0. The van der Waals surface area contributed by atoms with Crippen LogP contribution in [0.5, 0.6) is 0 Å². The van der Waals surface area contributed by atoms with E-state index < -0.39 is 0 Å². The number of carbonyl (C=O) groups excluding carboxylic acids is 1. The molecule has 3 rings (SSSR count). The fourth-order valence-electron chi connectivity index (χ4n) is 3.42. The summed E-state index contributed by atoms with van der Waals surface area (Å²) in [6, 6.07) is 17.1. The Bertz CT molecular complexity index is 875. The summed E-state index contributed by atoms with van der Waals surface area (Å²) >= 11 is 0. The molecule has 3 aromatic rings. The number of benzene rings is 2. The number of fused-ring (bicyclic) bond motifs is 1. The SMILES string of the molecule is Cc1ccc([C@@H](CC(=O)NC(C)C)c2cn(C)c3ccccc23)cc1. The Morgan fingerprint density at radius 2 is 1.76 bits per heavy atom. The van der Waals surface area contributed by atoms with Gasteiger partial charge in [0.1, 0.15) is 0 Å². The van der Waals surface area contributed by atoms with E-state index in [1.165, 1.54) is 27.6 Å². The molecule has 1 amide bonds. The molecule has 0 saturated carbocycles. The average molecular weight is 334 g/mol. The van der Waals surface area contributed by atoms with Crippen molar-refractivity contribution in [3.63, 3.8) is 0 Å². The Morgan fingerprint density at radius 1 is 1.08 bits per heavy atom. The number of rotatable bonds is 5. The minimum absolute atomic E-state index is 0.0467. The van der Waals surface area contributed by atoms with Gasteiger partial charge in [0.25, 0.3) is 0 Å². The number of carbonyl (C=O) groups is 1. The summed E-state index contributed by atoms with van der Waals surface area (Å²) in [5.74, 6) is 0.138. The second-order valence-electron chi connectivity index (χ2n) is 7.10. The van der Waals surface area contributed by atoms with Crippen LogP contribution in [-0.2, 0) is 11.8 Å². The topological polar surface area (TPSA) is 34.0 Å². The van der Waals surface area contributed by atoms with E-state index in [2.05, 4.69) is 78.6 Å². The van der Waals surface area contributed by atoms with Crippen LogP contribution in [0.2, 0.25) is 0 Å². The van der Waals surface area contributed by atoms with Gasteiger partial charge in [-0.25, -0.2) is 0 Å². The second kappa shape index (κ2) is 7.14. The smallest absolute Gasteiger partial charge is 0.221 e. The van der Waals surface area contributed by atoms with Crippen molar-refractivity contribution in [3.05, 3.63) is 71.4 Å². The molecular formula is C22H26N2O. The van der Waals surface area contributed by atoms with Crippen molar-refractivity contribution in [2.75, 3.05) is 0 Å². The molecule has 0 aliphatic heterocycles. The summed E-state index contributed by atoms with van der Waals surface area (Å²) in [6.45, 7) is 6.08. The molecule has 1 N–H and O–H groups in total. The fourth-order valence-corrected chi connectivity index (χ4v) is 3.42. The first-order valence-corrected chi connectivity index (χ1v) is 8.85. The Morgan fingerprint density at radius 3 is 2.44 bits per heavy atom. The van der Waals surface area contributed by atoms with Crippen molar-refractivity contribution >= 4 is 16.8 Å². The van der Waals surface area contributed by atoms with Crippen molar-refractivity contribution in [1.29, 1.82) is 0 Å². The largest absolute Gasteiger partial charge is 0.354 e. The lowest BCUT2D eigenvalue weighted by Crippen LogP contribution is -2.31. The molecule has 1 aromatic heterocycles. The number of aryl methyl sites for hydroxylation is 2. The minimum atomic E-state index is 0.0467. The highest BCUT2D eigenvalue weighted by Crippen LogP contribution is 2.34. The van der Waals surface area contributed by atoms with Gasteiger partial charge < -0.3 is 9.88 Å². The van der Waals surface area contributed by atoms with Crippen LogP contribution in [0.25, 0.3) is 10.9 Å². The van der Waals surface area contributed by atoms with Crippen LogP contribution >= 0.6 is 0 Å². The van der Waals surface area contributed by atoms with Gasteiger partial charge in [-0.3, -0.25) is 4.79 Å². The number of nitrogens with one attached hydrogen (secondary N) is 1. The monoisotopic (exact) mass is 334 g/mol. The molecule has 0 unspecified atom stereocenters. The van der Waals surface area contributed by atoms with E-state index in [9.17, 15) is 4.79 Å². The van der Waals surface area contributed by atoms with Gasteiger partial charge >= 0.3 is 0 Å². The number of para-hydroxylation sites is 1. The first-order chi connectivity index (χ1) is 12.0. The van der Waals surface area contributed by atoms with Crippen LogP contribution < -0.4 is 5.32 Å². The zero-order valence-corrected chi connectivity index (χ0v) is 15.4. The number of hydrogen-bond acceptors (Lipinski definition) is 1. The minimum Gasteiger partial charge on any atom is -0.354 e.